The quantitative estimate of drug-likeness (QED) is 0.252. The van der Waals surface area contributed by atoms with Gasteiger partial charge in [-0.2, -0.15) is 0 Å². The predicted molar refractivity (Wildman–Crippen MR) is 154 cm³/mol. The molecule has 0 unspecified atom stereocenters. The number of rotatable bonds is 5. The Hall–Kier alpha value is -2.11. The van der Waals surface area contributed by atoms with Crippen LogP contribution in [-0.2, 0) is 23.5 Å². The zero-order valence-electron chi connectivity index (χ0n) is 22.5. The van der Waals surface area contributed by atoms with Crippen molar-refractivity contribution in [2.75, 3.05) is 26.9 Å². The van der Waals surface area contributed by atoms with Gasteiger partial charge in [0, 0.05) is 11.6 Å². The average molecular weight is 618 g/mol. The lowest BCUT2D eigenvalue weighted by molar-refractivity contribution is 0.00578. The number of hydrogen-bond acceptors (Lipinski definition) is 8. The summed E-state index contributed by atoms with van der Waals surface area (Å²) in [5.74, 6) is -0.938. The summed E-state index contributed by atoms with van der Waals surface area (Å²) in [7, 11) is 2.35. The van der Waals surface area contributed by atoms with Gasteiger partial charge in [0.05, 0.1) is 30.5 Å². The number of alkyl halides is 1. The van der Waals surface area contributed by atoms with Crippen molar-refractivity contribution >= 4 is 52.1 Å². The van der Waals surface area contributed by atoms with Gasteiger partial charge >= 0.3 is 19.1 Å². The lowest BCUT2D eigenvalue weighted by atomic mass is 9.78. The van der Waals surface area contributed by atoms with Crippen molar-refractivity contribution in [3.05, 3.63) is 57.6 Å². The van der Waals surface area contributed by atoms with Gasteiger partial charge in [-0.1, -0.05) is 47.1 Å². The summed E-state index contributed by atoms with van der Waals surface area (Å²) < 4.78 is 26.6. The van der Waals surface area contributed by atoms with E-state index in [9.17, 15) is 14.7 Å². The molecule has 1 N–H and O–H groups in total. The summed E-state index contributed by atoms with van der Waals surface area (Å²) in [5.41, 5.74) is 1.64. The monoisotopic (exact) mass is 616 g/mol. The number of esters is 2. The van der Waals surface area contributed by atoms with Crippen LogP contribution in [0.3, 0.4) is 0 Å². The SMILES string of the molecule is C.CCOC(=O)c1cc(B2OC(C)(C)C(C)(C)O2)ccc1C.COC(=O)c1cc(Br)ccc1O.COCCl. The number of aromatic hydroxyl groups is 1. The van der Waals surface area contributed by atoms with E-state index in [1.165, 1.54) is 19.2 Å². The topological polar surface area (TPSA) is 101 Å². The maximum Gasteiger partial charge on any atom is 0.494 e. The minimum Gasteiger partial charge on any atom is -0.507 e. The first-order chi connectivity index (χ1) is 17.2. The van der Waals surface area contributed by atoms with Crippen LogP contribution < -0.4 is 5.46 Å². The van der Waals surface area contributed by atoms with E-state index in [1.807, 2.05) is 46.8 Å². The highest BCUT2D eigenvalue weighted by atomic mass is 79.9. The highest BCUT2D eigenvalue weighted by Crippen LogP contribution is 2.36. The van der Waals surface area contributed by atoms with E-state index in [0.717, 1.165) is 15.5 Å². The minimum atomic E-state index is -0.547. The fourth-order valence-electron chi connectivity index (χ4n) is 2.98. The molecule has 0 bridgehead atoms. The number of hydrogen-bond donors (Lipinski definition) is 1. The fourth-order valence-corrected chi connectivity index (χ4v) is 3.34. The molecule has 1 aliphatic rings. The summed E-state index contributed by atoms with van der Waals surface area (Å²) in [6.07, 6.45) is 0. The Morgan fingerprint density at radius 1 is 1.00 bits per heavy atom. The molecule has 1 heterocycles. The maximum absolute atomic E-state index is 12.0. The van der Waals surface area contributed by atoms with Crippen LogP contribution in [0, 0.1) is 6.92 Å². The maximum atomic E-state index is 12.0. The number of ether oxygens (including phenoxy) is 3. The molecule has 1 fully saturated rings. The second kappa shape index (κ2) is 16.1. The van der Waals surface area contributed by atoms with Gasteiger partial charge in [0.1, 0.15) is 17.4 Å². The number of phenols is 1. The van der Waals surface area contributed by atoms with Crippen molar-refractivity contribution in [2.45, 2.75) is 60.2 Å². The molecule has 0 radical (unpaired) electrons. The second-order valence-electron chi connectivity index (χ2n) is 8.93. The molecule has 11 heteroatoms. The van der Waals surface area contributed by atoms with Crippen molar-refractivity contribution in [2.24, 2.45) is 0 Å². The first-order valence-corrected chi connectivity index (χ1v) is 12.8. The Balaban J connectivity index is 0.000000682. The summed E-state index contributed by atoms with van der Waals surface area (Å²) in [4.78, 5) is 23.0. The molecule has 0 atom stereocenters. The molecule has 38 heavy (non-hydrogen) atoms. The third-order valence-corrected chi connectivity index (χ3v) is 6.47. The molecule has 0 aliphatic carbocycles. The molecule has 8 nitrogen and oxygen atoms in total. The minimum absolute atomic E-state index is 0. The molecular formula is C27H39BBrClO8. The van der Waals surface area contributed by atoms with E-state index in [0.29, 0.717) is 18.2 Å². The van der Waals surface area contributed by atoms with Crippen molar-refractivity contribution in [3.63, 3.8) is 0 Å². The van der Waals surface area contributed by atoms with Crippen LogP contribution in [0.2, 0.25) is 0 Å². The number of phenolic OH excluding ortho intramolecular Hbond substituents is 1. The number of methoxy groups -OCH3 is 2. The molecule has 2 aromatic rings. The number of carbonyl (C=O) groups is 2. The van der Waals surface area contributed by atoms with Crippen LogP contribution in [0.5, 0.6) is 5.75 Å². The molecule has 0 spiro atoms. The van der Waals surface area contributed by atoms with Crippen molar-refractivity contribution in [3.8, 4) is 5.75 Å². The molecule has 0 aromatic heterocycles. The van der Waals surface area contributed by atoms with Crippen LogP contribution in [0.1, 0.15) is 68.3 Å². The molecule has 212 valence electrons. The van der Waals surface area contributed by atoms with E-state index in [2.05, 4.69) is 25.4 Å². The van der Waals surface area contributed by atoms with Crippen LogP contribution in [0.25, 0.3) is 0 Å². The number of benzene rings is 2. The average Bonchev–Trinajstić information content (AvgIpc) is 3.07. The Morgan fingerprint density at radius 2 is 1.55 bits per heavy atom. The molecule has 1 saturated heterocycles. The van der Waals surface area contributed by atoms with Gasteiger partial charge in [-0.3, -0.25) is 0 Å². The normalized spacial score (nSPS) is 14.6. The van der Waals surface area contributed by atoms with Crippen LogP contribution >= 0.6 is 27.5 Å². The van der Waals surface area contributed by atoms with Gasteiger partial charge < -0.3 is 28.6 Å². The molecule has 3 rings (SSSR count). The lowest BCUT2D eigenvalue weighted by Gasteiger charge is -2.32. The van der Waals surface area contributed by atoms with Gasteiger partial charge in [-0.05, 0) is 76.8 Å². The van der Waals surface area contributed by atoms with Crippen LogP contribution in [-0.4, -0.2) is 62.3 Å². The number of halogens is 2. The predicted octanol–water partition coefficient (Wildman–Crippen LogP) is 5.88. The Kier molecular flexibility index (Phi) is 15.2. The molecule has 0 amide bonds. The summed E-state index contributed by atoms with van der Waals surface area (Å²) in [5, 5.41) is 9.21. The Bertz CT molecular complexity index is 1040. The Labute approximate surface area is 240 Å². The first kappa shape index (κ1) is 35.9. The highest BCUT2D eigenvalue weighted by Gasteiger charge is 2.51. The van der Waals surface area contributed by atoms with Crippen molar-refractivity contribution in [1.82, 2.24) is 0 Å². The smallest absolute Gasteiger partial charge is 0.494 e. The summed E-state index contributed by atoms with van der Waals surface area (Å²) >= 11 is 8.14. The van der Waals surface area contributed by atoms with Crippen LogP contribution in [0.15, 0.2) is 40.9 Å². The Morgan fingerprint density at radius 3 is 2.03 bits per heavy atom. The van der Waals surface area contributed by atoms with E-state index < -0.39 is 24.3 Å². The van der Waals surface area contributed by atoms with Crippen molar-refractivity contribution < 1.29 is 38.2 Å². The second-order valence-corrected chi connectivity index (χ2v) is 10.1. The molecule has 0 saturated carbocycles. The van der Waals surface area contributed by atoms with E-state index in [4.69, 9.17) is 25.6 Å². The first-order valence-electron chi connectivity index (χ1n) is 11.5. The number of aryl methyl sites for hydroxylation is 1. The van der Waals surface area contributed by atoms with Gasteiger partial charge in [0.25, 0.3) is 0 Å². The molecule has 2 aromatic carbocycles. The number of carbonyl (C=O) groups excluding carboxylic acids is 2. The zero-order chi connectivity index (χ0) is 28.4. The highest BCUT2D eigenvalue weighted by molar-refractivity contribution is 9.10. The standard InChI is InChI=1S/C16H23BO4.C8H7BrO3.C2H5ClO.CH4/c1-7-19-14(18)13-10-12(9-8-11(13)2)17-20-15(3,4)16(5,6)21-17;1-12-8(11)6-4-5(9)2-3-7(6)10;1-4-2-3;/h8-10H,7H2,1-6H3;2-4,10H,1H3;2H2,1H3;1H4. The lowest BCUT2D eigenvalue weighted by Crippen LogP contribution is -2.41. The van der Waals surface area contributed by atoms with E-state index >= 15 is 0 Å². The summed E-state index contributed by atoms with van der Waals surface area (Å²) in [6, 6.07) is 10.5. The fraction of sp³-hybridized carbons (Fsp3) is 0.481. The van der Waals surface area contributed by atoms with Gasteiger partial charge in [0.2, 0.25) is 0 Å². The van der Waals surface area contributed by atoms with Gasteiger partial charge in [-0.15, -0.1) is 0 Å². The third-order valence-electron chi connectivity index (χ3n) is 5.76. The third kappa shape index (κ3) is 9.89. The van der Waals surface area contributed by atoms with E-state index in [-0.39, 0.29) is 24.7 Å². The molecule has 1 aliphatic heterocycles. The van der Waals surface area contributed by atoms with Gasteiger partial charge in [0.15, 0.2) is 0 Å². The van der Waals surface area contributed by atoms with Crippen LogP contribution in [0.4, 0.5) is 0 Å². The largest absolute Gasteiger partial charge is 0.507 e. The van der Waals surface area contributed by atoms with Crippen molar-refractivity contribution in [1.29, 1.82) is 0 Å². The zero-order valence-corrected chi connectivity index (χ0v) is 24.9. The van der Waals surface area contributed by atoms with E-state index in [1.54, 1.807) is 26.2 Å². The van der Waals surface area contributed by atoms with Gasteiger partial charge in [-0.25, -0.2) is 9.59 Å². The summed E-state index contributed by atoms with van der Waals surface area (Å²) in [6.45, 7) is 12.1. The molecular weight excluding hydrogens is 578 g/mol.